The van der Waals surface area contributed by atoms with Crippen LogP contribution < -0.4 is 4.74 Å². The second-order valence-electron chi connectivity index (χ2n) is 2.18. The lowest BCUT2D eigenvalue weighted by atomic mass is 10.2. The molecule has 2 nitrogen and oxygen atoms in total. The van der Waals surface area contributed by atoms with Gasteiger partial charge in [-0.3, -0.25) is 0 Å². The molecule has 1 aromatic carbocycles. The van der Waals surface area contributed by atoms with Crippen molar-refractivity contribution in [1.29, 1.82) is 5.26 Å². The molecule has 1 rings (SSSR count). The van der Waals surface area contributed by atoms with Gasteiger partial charge in [0.05, 0.1) is 19.6 Å². The van der Waals surface area contributed by atoms with Gasteiger partial charge in [0.1, 0.15) is 5.75 Å². The van der Waals surface area contributed by atoms with Crippen molar-refractivity contribution in [3.05, 3.63) is 29.8 Å². The molecule has 0 spiro atoms. The lowest BCUT2D eigenvalue weighted by molar-refractivity contribution is 0.414. The lowest BCUT2D eigenvalue weighted by Gasteiger charge is -1.98. The second kappa shape index (κ2) is 5.45. The Labute approximate surface area is 78.2 Å². The van der Waals surface area contributed by atoms with Crippen LogP contribution in [0.1, 0.15) is 5.56 Å². The van der Waals surface area contributed by atoms with Gasteiger partial charge in [-0.25, -0.2) is 0 Å². The van der Waals surface area contributed by atoms with Crippen molar-refractivity contribution in [3.8, 4) is 11.8 Å². The van der Waals surface area contributed by atoms with E-state index in [9.17, 15) is 0 Å². The summed E-state index contributed by atoms with van der Waals surface area (Å²) >= 11 is 0. The Morgan fingerprint density at radius 1 is 1.33 bits per heavy atom. The molecule has 0 aliphatic rings. The highest BCUT2D eigenvalue weighted by Crippen LogP contribution is 2.10. The van der Waals surface area contributed by atoms with Gasteiger partial charge >= 0.3 is 0 Å². The van der Waals surface area contributed by atoms with Crippen LogP contribution in [0, 0.1) is 11.3 Å². The van der Waals surface area contributed by atoms with Gasteiger partial charge in [0, 0.05) is 0 Å². The molecule has 12 heavy (non-hydrogen) atoms. The Morgan fingerprint density at radius 2 is 1.92 bits per heavy atom. The van der Waals surface area contributed by atoms with Crippen LogP contribution in [0.4, 0.5) is 0 Å². The molecule has 0 heterocycles. The zero-order chi connectivity index (χ0) is 8.10. The van der Waals surface area contributed by atoms with E-state index in [1.807, 2.05) is 24.3 Å². The Morgan fingerprint density at radius 3 is 2.33 bits per heavy atom. The first-order valence-corrected chi connectivity index (χ1v) is 3.36. The Balaban J connectivity index is 0.00000121. The van der Waals surface area contributed by atoms with Crippen LogP contribution in [0.2, 0.25) is 0 Å². The molecule has 0 unspecified atom stereocenters. The third kappa shape index (κ3) is 2.81. The average Bonchev–Trinajstić information content (AvgIpc) is 2.07. The van der Waals surface area contributed by atoms with Crippen molar-refractivity contribution in [3.63, 3.8) is 0 Å². The summed E-state index contributed by atoms with van der Waals surface area (Å²) < 4.78 is 4.96. The van der Waals surface area contributed by atoms with Crippen molar-refractivity contribution in [2.75, 3.05) is 7.11 Å². The van der Waals surface area contributed by atoms with E-state index in [1.165, 1.54) is 0 Å². The highest BCUT2D eigenvalue weighted by molar-refractivity contribution is 5.85. The van der Waals surface area contributed by atoms with Crippen molar-refractivity contribution < 1.29 is 4.74 Å². The first-order valence-electron chi connectivity index (χ1n) is 3.36. The number of nitriles is 1. The minimum Gasteiger partial charge on any atom is -0.497 e. The summed E-state index contributed by atoms with van der Waals surface area (Å²) in [6.45, 7) is 0. The Kier molecular flexibility index (Phi) is 4.91. The molecule has 0 amide bonds. The Hall–Kier alpha value is -1.20. The molecule has 64 valence electrons. The molecular formula is C9H10ClNO. The fourth-order valence-electron chi connectivity index (χ4n) is 0.835. The minimum absolute atomic E-state index is 0. The summed E-state index contributed by atoms with van der Waals surface area (Å²) in [4.78, 5) is 0. The molecule has 0 aromatic heterocycles. The molecule has 0 bridgehead atoms. The van der Waals surface area contributed by atoms with Crippen LogP contribution in [0.5, 0.6) is 5.75 Å². The largest absolute Gasteiger partial charge is 0.497 e. The normalized spacial score (nSPS) is 8.00. The first-order chi connectivity index (χ1) is 5.36. The smallest absolute Gasteiger partial charge is 0.118 e. The van der Waals surface area contributed by atoms with Crippen LogP contribution in [0.25, 0.3) is 0 Å². The van der Waals surface area contributed by atoms with Crippen LogP contribution in [0.15, 0.2) is 24.3 Å². The third-order valence-corrected chi connectivity index (χ3v) is 1.44. The minimum atomic E-state index is 0. The van der Waals surface area contributed by atoms with Gasteiger partial charge < -0.3 is 4.74 Å². The number of hydrogen-bond donors (Lipinski definition) is 0. The maximum absolute atomic E-state index is 8.36. The van der Waals surface area contributed by atoms with E-state index < -0.39 is 0 Å². The van der Waals surface area contributed by atoms with Gasteiger partial charge in [-0.1, -0.05) is 12.1 Å². The van der Waals surface area contributed by atoms with E-state index in [1.54, 1.807) is 7.11 Å². The number of halogens is 1. The summed E-state index contributed by atoms with van der Waals surface area (Å²) in [5, 5.41) is 8.36. The predicted molar refractivity (Wildman–Crippen MR) is 49.6 cm³/mol. The van der Waals surface area contributed by atoms with Crippen LogP contribution >= 0.6 is 12.4 Å². The van der Waals surface area contributed by atoms with Crippen LogP contribution in [-0.4, -0.2) is 7.11 Å². The van der Waals surface area contributed by atoms with Crippen LogP contribution in [0.3, 0.4) is 0 Å². The number of rotatable bonds is 2. The van der Waals surface area contributed by atoms with Crippen LogP contribution in [-0.2, 0) is 6.42 Å². The fourth-order valence-corrected chi connectivity index (χ4v) is 0.835. The summed E-state index contributed by atoms with van der Waals surface area (Å²) in [5.74, 6) is 0.826. The van der Waals surface area contributed by atoms with E-state index >= 15 is 0 Å². The third-order valence-electron chi connectivity index (χ3n) is 1.44. The van der Waals surface area contributed by atoms with E-state index in [0.29, 0.717) is 6.42 Å². The summed E-state index contributed by atoms with van der Waals surface area (Å²) in [5.41, 5.74) is 1.02. The number of methoxy groups -OCH3 is 1. The van der Waals surface area contributed by atoms with E-state index in [-0.39, 0.29) is 12.4 Å². The van der Waals surface area contributed by atoms with Crippen molar-refractivity contribution in [2.45, 2.75) is 6.42 Å². The number of nitrogens with zero attached hydrogens (tertiary/aromatic N) is 1. The molecule has 0 atom stereocenters. The molecule has 0 saturated carbocycles. The molecule has 0 fully saturated rings. The highest BCUT2D eigenvalue weighted by atomic mass is 35.5. The predicted octanol–water partition coefficient (Wildman–Crippen LogP) is 2.18. The summed E-state index contributed by atoms with van der Waals surface area (Å²) in [7, 11) is 1.62. The van der Waals surface area contributed by atoms with E-state index in [0.717, 1.165) is 11.3 Å². The standard InChI is InChI=1S/C9H9NO.ClH/c1-11-9-4-2-8(3-5-9)6-7-10;/h2-5H,6H2,1H3;1H. The molecule has 0 N–H and O–H groups in total. The molecule has 0 radical (unpaired) electrons. The lowest BCUT2D eigenvalue weighted by Crippen LogP contribution is -1.84. The maximum atomic E-state index is 8.36. The van der Waals surface area contributed by atoms with Gasteiger partial charge in [0.15, 0.2) is 0 Å². The number of ether oxygens (including phenoxy) is 1. The van der Waals surface area contributed by atoms with Gasteiger partial charge in [0.2, 0.25) is 0 Å². The number of hydrogen-bond acceptors (Lipinski definition) is 2. The van der Waals surface area contributed by atoms with E-state index in [2.05, 4.69) is 6.07 Å². The number of benzene rings is 1. The highest BCUT2D eigenvalue weighted by Gasteiger charge is 1.91. The van der Waals surface area contributed by atoms with Crippen molar-refractivity contribution in [2.24, 2.45) is 0 Å². The van der Waals surface area contributed by atoms with Gasteiger partial charge in [-0.15, -0.1) is 12.4 Å². The molecule has 1 aromatic rings. The topological polar surface area (TPSA) is 33.0 Å². The summed E-state index contributed by atoms with van der Waals surface area (Å²) in [6, 6.07) is 9.57. The quantitative estimate of drug-likeness (QED) is 0.704. The molecule has 3 heteroatoms. The van der Waals surface area contributed by atoms with Crippen molar-refractivity contribution in [1.82, 2.24) is 0 Å². The van der Waals surface area contributed by atoms with Gasteiger partial charge in [0.25, 0.3) is 0 Å². The van der Waals surface area contributed by atoms with Gasteiger partial charge in [-0.2, -0.15) is 5.26 Å². The van der Waals surface area contributed by atoms with E-state index in [4.69, 9.17) is 10.00 Å². The maximum Gasteiger partial charge on any atom is 0.118 e. The first kappa shape index (κ1) is 10.8. The SMILES string of the molecule is COc1ccc(CC#N)cc1.Cl. The zero-order valence-corrected chi connectivity index (χ0v) is 7.60. The molecule has 0 saturated heterocycles. The van der Waals surface area contributed by atoms with Crippen molar-refractivity contribution >= 4 is 12.4 Å². The fraction of sp³-hybridized carbons (Fsp3) is 0.222. The summed E-state index contributed by atoms with van der Waals surface area (Å²) in [6.07, 6.45) is 0.462. The molecular weight excluding hydrogens is 174 g/mol. The molecule has 0 aliphatic heterocycles. The average molecular weight is 184 g/mol. The monoisotopic (exact) mass is 183 g/mol. The Bertz CT molecular complexity index is 263. The second-order valence-corrected chi connectivity index (χ2v) is 2.18. The molecule has 0 aliphatic carbocycles. The zero-order valence-electron chi connectivity index (χ0n) is 6.78. The van der Waals surface area contributed by atoms with Gasteiger partial charge in [-0.05, 0) is 17.7 Å².